The minimum Gasteiger partial charge on any atom is -0.368 e. The van der Waals surface area contributed by atoms with Crippen molar-refractivity contribution in [2.45, 2.75) is 64.6 Å². The highest BCUT2D eigenvalue weighted by Crippen LogP contribution is 2.25. The van der Waals surface area contributed by atoms with Crippen molar-refractivity contribution < 1.29 is 4.74 Å². The van der Waals surface area contributed by atoms with Crippen LogP contribution in [0.15, 0.2) is 29.2 Å². The van der Waals surface area contributed by atoms with Gasteiger partial charge in [0.1, 0.15) is 18.2 Å². The summed E-state index contributed by atoms with van der Waals surface area (Å²) in [5, 5.41) is 7.38. The second-order valence-corrected chi connectivity index (χ2v) is 15.1. The summed E-state index contributed by atoms with van der Waals surface area (Å²) in [6.07, 6.45) is 5.54. The maximum absolute atomic E-state index is 12.7. The van der Waals surface area contributed by atoms with Crippen LogP contribution in [0.2, 0.25) is 30.8 Å². The molecule has 7 nitrogen and oxygen atoms in total. The number of anilines is 3. The molecule has 0 aromatic carbocycles. The quantitative estimate of drug-likeness (QED) is 0.464. The molecule has 1 aliphatic heterocycles. The summed E-state index contributed by atoms with van der Waals surface area (Å²) < 4.78 is 6.91. The molecule has 2 aromatic rings. The minimum atomic E-state index is -1.19. The lowest BCUT2D eigenvalue weighted by molar-refractivity contribution is 0.0752. The first-order valence-electron chi connectivity index (χ1n) is 10.6. The lowest BCUT2D eigenvalue weighted by Crippen LogP contribution is -2.37. The van der Waals surface area contributed by atoms with Crippen molar-refractivity contribution in [2.24, 2.45) is 0 Å². The van der Waals surface area contributed by atoms with E-state index < -0.39 is 8.07 Å². The van der Waals surface area contributed by atoms with Crippen LogP contribution in [0, 0.1) is 0 Å². The number of hydrogen-bond acceptors (Lipinski definition) is 6. The number of nitrogens with one attached hydrogen (secondary N) is 1. The molecule has 1 saturated heterocycles. The summed E-state index contributed by atoms with van der Waals surface area (Å²) in [5.41, 5.74) is 1.15. The molecule has 1 aliphatic rings. The van der Waals surface area contributed by atoms with E-state index in [1.165, 1.54) is 30.0 Å². The molecule has 1 atom stereocenters. The number of aromatic nitrogens is 3. The van der Waals surface area contributed by atoms with Gasteiger partial charge in [0.15, 0.2) is 5.15 Å². The van der Waals surface area contributed by atoms with Gasteiger partial charge in [0.25, 0.3) is 5.56 Å². The minimum absolute atomic E-state index is 0.0811. The zero-order valence-electron chi connectivity index (χ0n) is 18.3. The van der Waals surface area contributed by atoms with Gasteiger partial charge in [-0.25, -0.2) is 9.67 Å². The summed E-state index contributed by atoms with van der Waals surface area (Å²) in [5.74, 6) is 0.592. The Kier molecular flexibility index (Phi) is 7.54. The highest BCUT2D eigenvalue weighted by atomic mass is 35.5. The molecule has 3 rings (SSSR count). The highest BCUT2D eigenvalue weighted by Gasteiger charge is 2.19. The summed E-state index contributed by atoms with van der Waals surface area (Å²) >= 11 is 6.13. The Morgan fingerprint density at radius 2 is 2.10 bits per heavy atom. The van der Waals surface area contributed by atoms with Crippen LogP contribution >= 0.6 is 11.6 Å². The van der Waals surface area contributed by atoms with E-state index in [0.717, 1.165) is 18.3 Å². The zero-order chi connectivity index (χ0) is 21.7. The van der Waals surface area contributed by atoms with E-state index in [9.17, 15) is 4.79 Å². The molecule has 2 aromatic heterocycles. The molecule has 0 spiro atoms. The molecule has 0 amide bonds. The Morgan fingerprint density at radius 3 is 2.77 bits per heavy atom. The van der Waals surface area contributed by atoms with Gasteiger partial charge in [-0.2, -0.15) is 5.10 Å². The third-order valence-electron chi connectivity index (χ3n) is 5.30. The number of piperidine rings is 1. The van der Waals surface area contributed by atoms with E-state index in [1.54, 1.807) is 0 Å². The van der Waals surface area contributed by atoms with E-state index in [4.69, 9.17) is 16.3 Å². The zero-order valence-corrected chi connectivity index (χ0v) is 20.1. The Labute approximate surface area is 184 Å². The van der Waals surface area contributed by atoms with Crippen molar-refractivity contribution in [1.29, 1.82) is 0 Å². The van der Waals surface area contributed by atoms with Crippen molar-refractivity contribution in [1.82, 2.24) is 14.8 Å². The number of pyridine rings is 1. The van der Waals surface area contributed by atoms with E-state index in [-0.39, 0.29) is 17.4 Å². The maximum atomic E-state index is 12.7. The molecular weight excluding hydrogens is 418 g/mol. The molecule has 0 unspecified atom stereocenters. The average Bonchev–Trinajstić information content (AvgIpc) is 2.69. The Morgan fingerprint density at radius 1 is 1.30 bits per heavy atom. The fraction of sp³-hybridized carbons (Fsp3) is 0.571. The molecule has 0 aliphatic carbocycles. The van der Waals surface area contributed by atoms with Gasteiger partial charge in [0.05, 0.1) is 11.9 Å². The summed E-state index contributed by atoms with van der Waals surface area (Å²) in [7, 11) is -1.19. The lowest BCUT2D eigenvalue weighted by atomic mass is 10.0. The Balaban J connectivity index is 1.67. The molecule has 0 radical (unpaired) electrons. The first-order chi connectivity index (χ1) is 14.2. The van der Waals surface area contributed by atoms with Crippen LogP contribution in [0.4, 0.5) is 17.2 Å². The van der Waals surface area contributed by atoms with Gasteiger partial charge < -0.3 is 15.0 Å². The number of halogens is 1. The molecule has 0 bridgehead atoms. The predicted octanol–water partition coefficient (Wildman–Crippen LogP) is 4.73. The van der Waals surface area contributed by atoms with Crippen LogP contribution in [0.3, 0.4) is 0 Å². The van der Waals surface area contributed by atoms with Crippen LogP contribution in [0.25, 0.3) is 0 Å². The highest BCUT2D eigenvalue weighted by molar-refractivity contribution is 6.76. The maximum Gasteiger partial charge on any atom is 0.292 e. The van der Waals surface area contributed by atoms with Crippen LogP contribution in [-0.2, 0) is 11.5 Å². The fourth-order valence-electron chi connectivity index (χ4n) is 3.47. The molecule has 0 saturated carbocycles. The Bertz CT molecular complexity index is 898. The van der Waals surface area contributed by atoms with Crippen LogP contribution in [-0.4, -0.2) is 42.0 Å². The van der Waals surface area contributed by atoms with Gasteiger partial charge in [0.2, 0.25) is 0 Å². The molecule has 9 heteroatoms. The molecule has 30 heavy (non-hydrogen) atoms. The number of ether oxygens (including phenoxy) is 1. The summed E-state index contributed by atoms with van der Waals surface area (Å²) in [6.45, 7) is 10.8. The predicted molar refractivity (Wildman–Crippen MR) is 126 cm³/mol. The number of nitrogens with zero attached hydrogens (tertiary/aromatic N) is 4. The van der Waals surface area contributed by atoms with Crippen LogP contribution < -0.4 is 15.8 Å². The third-order valence-corrected chi connectivity index (χ3v) is 7.19. The topological polar surface area (TPSA) is 72.3 Å². The van der Waals surface area contributed by atoms with Crippen molar-refractivity contribution in [2.75, 3.05) is 23.4 Å². The van der Waals surface area contributed by atoms with Gasteiger partial charge in [-0.05, 0) is 44.4 Å². The van der Waals surface area contributed by atoms with Crippen molar-refractivity contribution in [3.8, 4) is 0 Å². The molecule has 3 heterocycles. The lowest BCUT2D eigenvalue weighted by Gasteiger charge is -2.35. The molecule has 1 fully saturated rings. The van der Waals surface area contributed by atoms with Gasteiger partial charge in [-0.1, -0.05) is 31.2 Å². The van der Waals surface area contributed by atoms with Gasteiger partial charge in [-0.3, -0.25) is 4.79 Å². The van der Waals surface area contributed by atoms with Crippen molar-refractivity contribution in [3.05, 3.63) is 39.9 Å². The summed E-state index contributed by atoms with van der Waals surface area (Å²) in [4.78, 5) is 19.6. The van der Waals surface area contributed by atoms with E-state index in [0.29, 0.717) is 24.2 Å². The van der Waals surface area contributed by atoms with Crippen molar-refractivity contribution >= 4 is 36.9 Å². The van der Waals surface area contributed by atoms with Gasteiger partial charge in [0, 0.05) is 33.3 Å². The molecular formula is C21H32ClN5O2Si. The second kappa shape index (κ2) is 9.94. The monoisotopic (exact) mass is 449 g/mol. The summed E-state index contributed by atoms with van der Waals surface area (Å²) in [6, 6.07) is 6.99. The standard InChI is InChI=1S/C21H32ClN5O2Si/c1-16-7-5-6-10-26(16)17-8-9-20(23-14-17)24-18-13-19(22)25-27(21(18)28)15-29-11-12-30(2,3)4/h8-9,13-14,16H,5-7,10-12,15H2,1-4H3,(H,23,24)/t16-/m0/s1. The molecule has 1 N–H and O–H groups in total. The fourth-order valence-corrected chi connectivity index (χ4v) is 4.42. The smallest absolute Gasteiger partial charge is 0.292 e. The van der Waals surface area contributed by atoms with Gasteiger partial charge >= 0.3 is 0 Å². The first-order valence-corrected chi connectivity index (χ1v) is 14.7. The van der Waals surface area contributed by atoms with Crippen LogP contribution in [0.1, 0.15) is 26.2 Å². The third kappa shape index (κ3) is 6.30. The van der Waals surface area contributed by atoms with Gasteiger partial charge in [-0.15, -0.1) is 0 Å². The SMILES string of the molecule is C[C@H]1CCCCN1c1ccc(Nc2cc(Cl)nn(COCC[Si](C)(C)C)c2=O)nc1. The normalized spacial score (nSPS) is 17.2. The number of hydrogen-bond donors (Lipinski definition) is 1. The Hall–Kier alpha value is -1.90. The van der Waals surface area contributed by atoms with E-state index >= 15 is 0 Å². The first kappa shape index (κ1) is 22.8. The molecule has 164 valence electrons. The average molecular weight is 450 g/mol. The van der Waals surface area contributed by atoms with Crippen LogP contribution in [0.5, 0.6) is 0 Å². The van der Waals surface area contributed by atoms with E-state index in [2.05, 4.69) is 46.9 Å². The second-order valence-electron chi connectivity index (χ2n) is 9.10. The van der Waals surface area contributed by atoms with Crippen molar-refractivity contribution in [3.63, 3.8) is 0 Å². The largest absolute Gasteiger partial charge is 0.368 e. The van der Waals surface area contributed by atoms with E-state index in [1.807, 2.05) is 18.3 Å². The number of rotatable bonds is 8.